The zero-order valence-electron chi connectivity index (χ0n) is 12.0. The van der Waals surface area contributed by atoms with Gasteiger partial charge in [-0.15, -0.1) is 0 Å². The van der Waals surface area contributed by atoms with Crippen molar-refractivity contribution in [3.05, 3.63) is 65.5 Å². The second kappa shape index (κ2) is 6.85. The lowest BCUT2D eigenvalue weighted by Crippen LogP contribution is -2.29. The molecule has 1 aromatic carbocycles. The summed E-state index contributed by atoms with van der Waals surface area (Å²) in [5.41, 5.74) is 3.00. The first-order chi connectivity index (χ1) is 9.70. The van der Waals surface area contributed by atoms with Crippen molar-refractivity contribution >= 4 is 5.91 Å². The molecule has 0 fully saturated rings. The van der Waals surface area contributed by atoms with Crippen LogP contribution in [0.25, 0.3) is 0 Å². The number of hydrogen-bond acceptors (Lipinski definition) is 2. The molecule has 0 spiro atoms. The molecule has 0 atom stereocenters. The Morgan fingerprint density at radius 3 is 2.50 bits per heavy atom. The Balaban J connectivity index is 1.94. The Morgan fingerprint density at radius 1 is 1.15 bits per heavy atom. The van der Waals surface area contributed by atoms with Crippen LogP contribution in [-0.2, 0) is 12.8 Å². The molecule has 0 aliphatic rings. The number of aromatic nitrogens is 1. The number of aryl methyl sites for hydroxylation is 1. The maximum atomic E-state index is 12.3. The summed E-state index contributed by atoms with van der Waals surface area (Å²) in [5, 5.41) is 0. The minimum absolute atomic E-state index is 0.0589. The lowest BCUT2D eigenvalue weighted by atomic mass is 10.1. The summed E-state index contributed by atoms with van der Waals surface area (Å²) >= 11 is 0. The third-order valence-electron chi connectivity index (χ3n) is 3.39. The normalized spacial score (nSPS) is 10.3. The standard InChI is InChI=1S/C17H20N2O/c1-3-14-7-9-15(10-8-14)17(20)19(2)13-11-16-6-4-5-12-18-16/h4-10,12H,3,11,13H2,1-2H3. The molecule has 1 heterocycles. The van der Waals surface area contributed by atoms with Crippen LogP contribution in [-0.4, -0.2) is 29.4 Å². The van der Waals surface area contributed by atoms with Gasteiger partial charge in [-0.1, -0.05) is 25.1 Å². The van der Waals surface area contributed by atoms with Crippen LogP contribution in [0.5, 0.6) is 0 Å². The van der Waals surface area contributed by atoms with E-state index >= 15 is 0 Å². The molecule has 0 saturated heterocycles. The molecule has 0 saturated carbocycles. The smallest absolute Gasteiger partial charge is 0.253 e. The Labute approximate surface area is 120 Å². The number of pyridine rings is 1. The predicted molar refractivity (Wildman–Crippen MR) is 80.7 cm³/mol. The topological polar surface area (TPSA) is 33.2 Å². The van der Waals surface area contributed by atoms with Crippen molar-refractivity contribution < 1.29 is 4.79 Å². The number of carbonyl (C=O) groups excluding carboxylic acids is 1. The van der Waals surface area contributed by atoms with E-state index in [2.05, 4.69) is 11.9 Å². The highest BCUT2D eigenvalue weighted by Gasteiger charge is 2.11. The van der Waals surface area contributed by atoms with Gasteiger partial charge in [0.2, 0.25) is 0 Å². The van der Waals surface area contributed by atoms with Crippen molar-refractivity contribution in [1.29, 1.82) is 0 Å². The van der Waals surface area contributed by atoms with Crippen LogP contribution in [0.1, 0.15) is 28.5 Å². The second-order valence-electron chi connectivity index (χ2n) is 4.85. The fourth-order valence-electron chi connectivity index (χ4n) is 2.03. The lowest BCUT2D eigenvalue weighted by molar-refractivity contribution is 0.0796. The summed E-state index contributed by atoms with van der Waals surface area (Å²) in [4.78, 5) is 18.3. The molecule has 0 bridgehead atoms. The number of benzene rings is 1. The van der Waals surface area contributed by atoms with Crippen molar-refractivity contribution in [3.8, 4) is 0 Å². The Hall–Kier alpha value is -2.16. The predicted octanol–water partition coefficient (Wildman–Crippen LogP) is 2.96. The van der Waals surface area contributed by atoms with Gasteiger partial charge in [0.05, 0.1) is 0 Å². The van der Waals surface area contributed by atoms with Crippen LogP contribution >= 0.6 is 0 Å². The number of hydrogen-bond donors (Lipinski definition) is 0. The quantitative estimate of drug-likeness (QED) is 0.835. The van der Waals surface area contributed by atoms with Crippen molar-refractivity contribution in [2.24, 2.45) is 0 Å². The summed E-state index contributed by atoms with van der Waals surface area (Å²) in [6, 6.07) is 13.7. The van der Waals surface area contributed by atoms with E-state index in [1.165, 1.54) is 5.56 Å². The lowest BCUT2D eigenvalue weighted by Gasteiger charge is -2.17. The molecule has 2 rings (SSSR count). The fourth-order valence-corrected chi connectivity index (χ4v) is 2.03. The third kappa shape index (κ3) is 3.67. The number of amides is 1. The molecule has 0 aliphatic heterocycles. The SMILES string of the molecule is CCc1ccc(C(=O)N(C)CCc2ccccn2)cc1. The van der Waals surface area contributed by atoms with Crippen LogP contribution < -0.4 is 0 Å². The zero-order valence-corrected chi connectivity index (χ0v) is 12.0. The van der Waals surface area contributed by atoms with E-state index in [1.807, 2.05) is 49.5 Å². The van der Waals surface area contributed by atoms with E-state index in [-0.39, 0.29) is 5.91 Å². The molecule has 104 valence electrons. The molecule has 1 aromatic heterocycles. The molecule has 1 amide bonds. The number of likely N-dealkylation sites (N-methyl/N-ethyl adjacent to an activating group) is 1. The van der Waals surface area contributed by atoms with Gasteiger partial charge in [0.1, 0.15) is 0 Å². The summed E-state index contributed by atoms with van der Waals surface area (Å²) in [7, 11) is 1.83. The molecule has 0 aliphatic carbocycles. The minimum Gasteiger partial charge on any atom is -0.341 e. The van der Waals surface area contributed by atoms with E-state index in [1.54, 1.807) is 11.1 Å². The van der Waals surface area contributed by atoms with Gasteiger partial charge >= 0.3 is 0 Å². The highest BCUT2D eigenvalue weighted by atomic mass is 16.2. The number of nitrogens with zero attached hydrogens (tertiary/aromatic N) is 2. The van der Waals surface area contributed by atoms with Gasteiger partial charge in [-0.3, -0.25) is 9.78 Å². The van der Waals surface area contributed by atoms with Crippen LogP contribution in [0.2, 0.25) is 0 Å². The number of rotatable bonds is 5. The maximum Gasteiger partial charge on any atom is 0.253 e. The van der Waals surface area contributed by atoms with E-state index in [0.29, 0.717) is 6.54 Å². The summed E-state index contributed by atoms with van der Waals surface area (Å²) < 4.78 is 0. The van der Waals surface area contributed by atoms with Crippen molar-refractivity contribution in [1.82, 2.24) is 9.88 Å². The highest BCUT2D eigenvalue weighted by Crippen LogP contribution is 2.08. The van der Waals surface area contributed by atoms with Gasteiger partial charge in [-0.05, 0) is 36.2 Å². The Morgan fingerprint density at radius 2 is 1.90 bits per heavy atom. The first-order valence-electron chi connectivity index (χ1n) is 6.95. The molecular formula is C17H20N2O. The molecular weight excluding hydrogens is 248 g/mol. The average Bonchev–Trinajstić information content (AvgIpc) is 2.53. The van der Waals surface area contributed by atoms with Crippen LogP contribution in [0, 0.1) is 0 Å². The first-order valence-corrected chi connectivity index (χ1v) is 6.95. The minimum atomic E-state index is 0.0589. The van der Waals surface area contributed by atoms with E-state index < -0.39 is 0 Å². The van der Waals surface area contributed by atoms with Gasteiger partial charge in [-0.2, -0.15) is 0 Å². The molecule has 3 nitrogen and oxygen atoms in total. The van der Waals surface area contributed by atoms with Crippen LogP contribution in [0.15, 0.2) is 48.7 Å². The fraction of sp³-hybridized carbons (Fsp3) is 0.294. The molecule has 0 N–H and O–H groups in total. The largest absolute Gasteiger partial charge is 0.341 e. The van der Waals surface area contributed by atoms with E-state index in [9.17, 15) is 4.79 Å². The molecule has 0 unspecified atom stereocenters. The molecule has 2 aromatic rings. The summed E-state index contributed by atoms with van der Waals surface area (Å²) in [6.45, 7) is 2.78. The van der Waals surface area contributed by atoms with Gasteiger partial charge in [-0.25, -0.2) is 0 Å². The van der Waals surface area contributed by atoms with Crippen molar-refractivity contribution in [2.45, 2.75) is 19.8 Å². The highest BCUT2D eigenvalue weighted by molar-refractivity contribution is 5.94. The molecule has 0 radical (unpaired) electrons. The van der Waals surface area contributed by atoms with Crippen LogP contribution in [0.4, 0.5) is 0 Å². The Kier molecular flexibility index (Phi) is 4.88. The van der Waals surface area contributed by atoms with Crippen molar-refractivity contribution in [2.75, 3.05) is 13.6 Å². The average molecular weight is 268 g/mol. The second-order valence-corrected chi connectivity index (χ2v) is 4.85. The van der Waals surface area contributed by atoms with E-state index in [0.717, 1.165) is 24.1 Å². The monoisotopic (exact) mass is 268 g/mol. The van der Waals surface area contributed by atoms with Gasteiger partial charge < -0.3 is 4.90 Å². The molecule has 20 heavy (non-hydrogen) atoms. The van der Waals surface area contributed by atoms with E-state index in [4.69, 9.17) is 0 Å². The van der Waals surface area contributed by atoms with Crippen molar-refractivity contribution in [3.63, 3.8) is 0 Å². The summed E-state index contributed by atoms with van der Waals surface area (Å²) in [6.07, 6.45) is 3.54. The van der Waals surface area contributed by atoms with Gasteiger partial charge in [0.25, 0.3) is 5.91 Å². The Bertz CT molecular complexity index is 549. The maximum absolute atomic E-state index is 12.3. The third-order valence-corrected chi connectivity index (χ3v) is 3.39. The van der Waals surface area contributed by atoms with Gasteiger partial charge in [0.15, 0.2) is 0 Å². The van der Waals surface area contributed by atoms with Gasteiger partial charge in [0, 0.05) is 37.5 Å². The molecule has 3 heteroatoms. The van der Waals surface area contributed by atoms with Crippen LogP contribution in [0.3, 0.4) is 0 Å². The zero-order chi connectivity index (χ0) is 14.4. The number of carbonyl (C=O) groups is 1. The first kappa shape index (κ1) is 14.3. The summed E-state index contributed by atoms with van der Waals surface area (Å²) in [5.74, 6) is 0.0589.